The van der Waals surface area contributed by atoms with E-state index in [0.29, 0.717) is 12.3 Å². The van der Waals surface area contributed by atoms with E-state index in [4.69, 9.17) is 16.9 Å². The van der Waals surface area contributed by atoms with Crippen LogP contribution in [0.25, 0.3) is 10.9 Å². The van der Waals surface area contributed by atoms with E-state index in [2.05, 4.69) is 11.2 Å². The zero-order valence-electron chi connectivity index (χ0n) is 14.2. The lowest BCUT2D eigenvalue weighted by Crippen LogP contribution is -2.57. The van der Waals surface area contributed by atoms with Gasteiger partial charge in [-0.2, -0.15) is 0 Å². The Balaban J connectivity index is 0.00000312. The van der Waals surface area contributed by atoms with E-state index in [-0.39, 0.29) is 23.5 Å². The summed E-state index contributed by atoms with van der Waals surface area (Å²) >= 11 is 0. The van der Waals surface area contributed by atoms with Crippen LogP contribution in [-0.4, -0.2) is 28.5 Å². The van der Waals surface area contributed by atoms with Crippen LogP contribution < -0.4 is 15.8 Å². The molecule has 2 rings (SSSR count). The quantitative estimate of drug-likeness (QED) is 0.542. The van der Waals surface area contributed by atoms with E-state index in [1.54, 1.807) is 10.8 Å². The first-order chi connectivity index (χ1) is 11.4. The average Bonchev–Trinajstić information content (AvgIpc) is 2.88. The summed E-state index contributed by atoms with van der Waals surface area (Å²) in [6.45, 7) is 4.01. The molecule has 7 heteroatoms. The Kier molecular flexibility index (Phi) is 7.22. The number of halogens is 1. The predicted molar refractivity (Wildman–Crippen MR) is 103 cm³/mol. The lowest BCUT2D eigenvalue weighted by atomic mass is 9.99. The van der Waals surface area contributed by atoms with Gasteiger partial charge < -0.3 is 15.0 Å². The molecule has 1 aromatic carbocycles. The second kappa shape index (κ2) is 8.70. The highest BCUT2D eigenvalue weighted by molar-refractivity contribution is 8.93. The number of hydrogen-bond donors (Lipinski definition) is 2. The Hall–Kier alpha value is -2.30. The summed E-state index contributed by atoms with van der Waals surface area (Å²) in [7, 11) is 0. The standard InChI is InChI=1S/C18H21N3O3.BrH/c1-4-10-20-18(5-2,17(19)23)12-21-11-16(24-13(3)22)14-8-6-7-9-15(14)21;/h2,6-9,11,20H,4,10,12H2,1,3H3,(H2,19,23);1H. The molecule has 134 valence electrons. The number of primary amides is 1. The number of aromatic nitrogens is 1. The van der Waals surface area contributed by atoms with Gasteiger partial charge in [-0.1, -0.05) is 25.0 Å². The van der Waals surface area contributed by atoms with Crippen LogP contribution >= 0.6 is 17.0 Å². The molecule has 6 nitrogen and oxygen atoms in total. The van der Waals surface area contributed by atoms with Crippen molar-refractivity contribution in [3.8, 4) is 18.1 Å². The van der Waals surface area contributed by atoms with Crippen LogP contribution in [0.3, 0.4) is 0 Å². The minimum absolute atomic E-state index is 0. The molecule has 0 aliphatic carbocycles. The maximum Gasteiger partial charge on any atom is 0.308 e. The number of carbonyl (C=O) groups is 2. The lowest BCUT2D eigenvalue weighted by Gasteiger charge is -2.27. The Labute approximate surface area is 157 Å². The van der Waals surface area contributed by atoms with E-state index >= 15 is 0 Å². The third kappa shape index (κ3) is 4.41. The number of fused-ring (bicyclic) bond motifs is 1. The van der Waals surface area contributed by atoms with Crippen molar-refractivity contribution in [1.82, 2.24) is 9.88 Å². The van der Waals surface area contributed by atoms with E-state index in [1.165, 1.54) is 6.92 Å². The number of benzene rings is 1. The van der Waals surface area contributed by atoms with Gasteiger partial charge in [0.05, 0.1) is 12.1 Å². The first-order valence-corrected chi connectivity index (χ1v) is 7.72. The number of hydrogen-bond acceptors (Lipinski definition) is 4. The van der Waals surface area contributed by atoms with E-state index in [9.17, 15) is 9.59 Å². The normalized spacial score (nSPS) is 12.7. The summed E-state index contributed by atoms with van der Waals surface area (Å²) in [4.78, 5) is 23.3. The van der Waals surface area contributed by atoms with Crippen LogP contribution in [0.5, 0.6) is 5.75 Å². The fourth-order valence-electron chi connectivity index (χ4n) is 2.56. The molecule has 0 fully saturated rings. The molecule has 1 heterocycles. The molecule has 2 aromatic rings. The number of para-hydroxylation sites is 1. The smallest absolute Gasteiger partial charge is 0.308 e. The minimum atomic E-state index is -1.31. The van der Waals surface area contributed by atoms with Crippen LogP contribution in [0.1, 0.15) is 20.3 Å². The number of esters is 1. The zero-order valence-corrected chi connectivity index (χ0v) is 16.0. The average molecular weight is 408 g/mol. The number of terminal acetylenes is 1. The third-order valence-electron chi connectivity index (χ3n) is 3.76. The molecule has 1 atom stereocenters. The first-order valence-electron chi connectivity index (χ1n) is 7.72. The van der Waals surface area contributed by atoms with Gasteiger partial charge in [0.1, 0.15) is 0 Å². The number of amides is 1. The number of nitrogens with two attached hydrogens (primary N) is 1. The first kappa shape index (κ1) is 20.7. The molecule has 0 aliphatic rings. The van der Waals surface area contributed by atoms with Crippen molar-refractivity contribution in [2.24, 2.45) is 5.73 Å². The molecule has 1 unspecified atom stereocenters. The van der Waals surface area contributed by atoms with Gasteiger partial charge in [0.15, 0.2) is 11.3 Å². The van der Waals surface area contributed by atoms with Gasteiger partial charge in [0, 0.05) is 18.5 Å². The summed E-state index contributed by atoms with van der Waals surface area (Å²) in [6, 6.07) is 7.41. The lowest BCUT2D eigenvalue weighted by molar-refractivity contribution is -0.131. The van der Waals surface area contributed by atoms with Crippen molar-refractivity contribution < 1.29 is 14.3 Å². The molecule has 3 N–H and O–H groups in total. The van der Waals surface area contributed by atoms with Gasteiger partial charge in [-0.3, -0.25) is 14.9 Å². The minimum Gasteiger partial charge on any atom is -0.424 e. The molecule has 1 aromatic heterocycles. The van der Waals surface area contributed by atoms with Gasteiger partial charge in [-0.05, 0) is 25.1 Å². The third-order valence-corrected chi connectivity index (χ3v) is 3.76. The highest BCUT2D eigenvalue weighted by Crippen LogP contribution is 2.29. The summed E-state index contributed by atoms with van der Waals surface area (Å²) < 4.78 is 7.03. The van der Waals surface area contributed by atoms with Crippen molar-refractivity contribution in [2.45, 2.75) is 32.4 Å². The molecule has 0 aliphatic heterocycles. The van der Waals surface area contributed by atoms with Crippen LogP contribution in [0.15, 0.2) is 30.5 Å². The van der Waals surface area contributed by atoms with Gasteiger partial charge >= 0.3 is 5.97 Å². The van der Waals surface area contributed by atoms with E-state index in [0.717, 1.165) is 17.3 Å². The van der Waals surface area contributed by atoms with Crippen molar-refractivity contribution in [1.29, 1.82) is 0 Å². The van der Waals surface area contributed by atoms with Crippen molar-refractivity contribution >= 4 is 39.8 Å². The maximum absolute atomic E-state index is 12.0. The van der Waals surface area contributed by atoms with Gasteiger partial charge in [0.2, 0.25) is 0 Å². The molecule has 1 amide bonds. The molecule has 0 radical (unpaired) electrons. The number of nitrogens with zero attached hydrogens (tertiary/aromatic N) is 1. The molecule has 0 saturated heterocycles. The highest BCUT2D eigenvalue weighted by atomic mass is 79.9. The largest absolute Gasteiger partial charge is 0.424 e. The van der Waals surface area contributed by atoms with E-state index in [1.807, 2.05) is 31.2 Å². The highest BCUT2D eigenvalue weighted by Gasteiger charge is 2.35. The molecule has 0 saturated carbocycles. The van der Waals surface area contributed by atoms with Gasteiger partial charge in [0.25, 0.3) is 5.91 Å². The second-order valence-electron chi connectivity index (χ2n) is 5.57. The Morgan fingerprint density at radius 2 is 2.08 bits per heavy atom. The van der Waals surface area contributed by atoms with Crippen molar-refractivity contribution in [2.75, 3.05) is 6.54 Å². The Morgan fingerprint density at radius 1 is 1.40 bits per heavy atom. The molecular formula is C18H22BrN3O3. The van der Waals surface area contributed by atoms with E-state index < -0.39 is 17.4 Å². The van der Waals surface area contributed by atoms with Crippen LogP contribution in [0, 0.1) is 12.3 Å². The Morgan fingerprint density at radius 3 is 2.64 bits per heavy atom. The zero-order chi connectivity index (χ0) is 17.7. The molecular weight excluding hydrogens is 386 g/mol. The van der Waals surface area contributed by atoms with Crippen molar-refractivity contribution in [3.05, 3.63) is 30.5 Å². The predicted octanol–water partition coefficient (Wildman–Crippen LogP) is 2.00. The fourth-order valence-corrected chi connectivity index (χ4v) is 2.56. The molecule has 0 bridgehead atoms. The monoisotopic (exact) mass is 407 g/mol. The molecule has 25 heavy (non-hydrogen) atoms. The summed E-state index contributed by atoms with van der Waals surface area (Å²) in [5.74, 6) is 1.88. The van der Waals surface area contributed by atoms with Gasteiger partial charge in [-0.25, -0.2) is 0 Å². The van der Waals surface area contributed by atoms with Crippen LogP contribution in [0.2, 0.25) is 0 Å². The topological polar surface area (TPSA) is 86.3 Å². The number of rotatable bonds is 7. The van der Waals surface area contributed by atoms with Crippen molar-refractivity contribution in [3.63, 3.8) is 0 Å². The van der Waals surface area contributed by atoms with Gasteiger partial charge in [-0.15, -0.1) is 23.4 Å². The summed E-state index contributed by atoms with van der Waals surface area (Å²) in [5.41, 5.74) is 5.04. The number of nitrogens with one attached hydrogen (secondary N) is 1. The number of ether oxygens (including phenoxy) is 1. The van der Waals surface area contributed by atoms with Crippen LogP contribution in [-0.2, 0) is 16.1 Å². The SMILES string of the molecule is Br.C#CC(Cn1cc(OC(C)=O)c2ccccc21)(NCCC)C(N)=O. The fraction of sp³-hybridized carbons (Fsp3) is 0.333. The summed E-state index contributed by atoms with van der Waals surface area (Å²) in [6.07, 6.45) is 8.09. The molecule has 0 spiro atoms. The Bertz CT molecular complexity index is 809. The number of carbonyl (C=O) groups excluding carboxylic acids is 2. The second-order valence-corrected chi connectivity index (χ2v) is 5.57. The summed E-state index contributed by atoms with van der Waals surface area (Å²) in [5, 5.41) is 3.82. The van der Waals surface area contributed by atoms with Crippen LogP contribution in [0.4, 0.5) is 0 Å². The maximum atomic E-state index is 12.0.